The molecule has 0 aliphatic rings. The third-order valence-electron chi connectivity index (χ3n) is 2.30. The molecule has 0 amide bonds. The first-order valence-electron chi connectivity index (χ1n) is 5.48. The van der Waals surface area contributed by atoms with Crippen LogP contribution < -0.4 is 0 Å². The van der Waals surface area contributed by atoms with Crippen molar-refractivity contribution in [3.8, 4) is 0 Å². The standard InChI is InChI=1S/C10H15N5OS/c1-4-15(5-9-11-7(2)14-16-9)6-10-13-12-8(3)17-10/h4-6H2,1-3H3. The smallest absolute Gasteiger partial charge is 0.240 e. The summed E-state index contributed by atoms with van der Waals surface area (Å²) in [4.78, 5) is 6.38. The second-order valence-electron chi connectivity index (χ2n) is 3.75. The molecule has 0 bridgehead atoms. The van der Waals surface area contributed by atoms with Gasteiger partial charge in [-0.15, -0.1) is 21.5 Å². The van der Waals surface area contributed by atoms with Crippen LogP contribution in [0.1, 0.15) is 28.7 Å². The molecule has 2 aromatic rings. The van der Waals surface area contributed by atoms with Crippen molar-refractivity contribution in [1.29, 1.82) is 0 Å². The van der Waals surface area contributed by atoms with Crippen molar-refractivity contribution in [3.63, 3.8) is 0 Å². The Balaban J connectivity index is 1.97. The molecule has 7 heteroatoms. The second kappa shape index (κ2) is 5.33. The minimum atomic E-state index is 0.644. The van der Waals surface area contributed by atoms with E-state index in [0.717, 1.165) is 23.1 Å². The Hall–Kier alpha value is -1.34. The van der Waals surface area contributed by atoms with Crippen molar-refractivity contribution < 1.29 is 4.52 Å². The lowest BCUT2D eigenvalue weighted by atomic mass is 10.4. The first-order valence-corrected chi connectivity index (χ1v) is 6.29. The van der Waals surface area contributed by atoms with E-state index in [4.69, 9.17) is 4.52 Å². The summed E-state index contributed by atoms with van der Waals surface area (Å²) in [7, 11) is 0. The molecule has 0 unspecified atom stereocenters. The maximum Gasteiger partial charge on any atom is 0.240 e. The summed E-state index contributed by atoms with van der Waals surface area (Å²) in [5.74, 6) is 1.31. The molecule has 0 radical (unpaired) electrons. The minimum absolute atomic E-state index is 0.644. The molecule has 0 saturated heterocycles. The van der Waals surface area contributed by atoms with Crippen LogP contribution in [0, 0.1) is 13.8 Å². The normalized spacial score (nSPS) is 11.3. The molecule has 0 aromatic carbocycles. The fraction of sp³-hybridized carbons (Fsp3) is 0.600. The SMILES string of the molecule is CCN(Cc1nc(C)no1)Cc1nnc(C)s1. The van der Waals surface area contributed by atoms with Crippen LogP contribution in [0.4, 0.5) is 0 Å². The molecule has 2 rings (SSSR count). The topological polar surface area (TPSA) is 67.9 Å². The monoisotopic (exact) mass is 253 g/mol. The highest BCUT2D eigenvalue weighted by Gasteiger charge is 2.12. The Morgan fingerprint density at radius 2 is 2.06 bits per heavy atom. The zero-order valence-electron chi connectivity index (χ0n) is 10.2. The summed E-state index contributed by atoms with van der Waals surface area (Å²) in [5, 5.41) is 13.9. The molecule has 0 spiro atoms. The molecule has 0 fully saturated rings. The Morgan fingerprint density at radius 3 is 2.59 bits per heavy atom. The minimum Gasteiger partial charge on any atom is -0.338 e. The van der Waals surface area contributed by atoms with Gasteiger partial charge in [-0.3, -0.25) is 4.90 Å². The summed E-state index contributed by atoms with van der Waals surface area (Å²) < 4.78 is 5.10. The van der Waals surface area contributed by atoms with Crippen LogP contribution >= 0.6 is 11.3 Å². The molecule has 17 heavy (non-hydrogen) atoms. The molecule has 0 aliphatic carbocycles. The fourth-order valence-corrected chi connectivity index (χ4v) is 2.22. The van der Waals surface area contributed by atoms with E-state index in [0.29, 0.717) is 18.3 Å². The van der Waals surface area contributed by atoms with Crippen molar-refractivity contribution >= 4 is 11.3 Å². The van der Waals surface area contributed by atoms with Gasteiger partial charge in [-0.25, -0.2) is 0 Å². The Bertz CT molecular complexity index is 438. The van der Waals surface area contributed by atoms with Gasteiger partial charge in [-0.05, 0) is 20.4 Å². The molecule has 0 atom stereocenters. The van der Waals surface area contributed by atoms with Crippen molar-refractivity contribution in [2.24, 2.45) is 0 Å². The predicted molar refractivity (Wildman–Crippen MR) is 63.5 cm³/mol. The predicted octanol–water partition coefficient (Wildman–Crippen LogP) is 1.56. The molecule has 2 aromatic heterocycles. The van der Waals surface area contributed by atoms with E-state index in [9.17, 15) is 0 Å². The maximum atomic E-state index is 5.10. The van der Waals surface area contributed by atoms with E-state index < -0.39 is 0 Å². The van der Waals surface area contributed by atoms with Gasteiger partial charge in [0.05, 0.1) is 13.1 Å². The van der Waals surface area contributed by atoms with Crippen LogP contribution in [0.3, 0.4) is 0 Å². The van der Waals surface area contributed by atoms with Gasteiger partial charge in [-0.2, -0.15) is 4.98 Å². The molecule has 6 nitrogen and oxygen atoms in total. The second-order valence-corrected chi connectivity index (χ2v) is 5.02. The average molecular weight is 253 g/mol. The van der Waals surface area contributed by atoms with Gasteiger partial charge in [0.2, 0.25) is 5.89 Å². The number of hydrogen-bond acceptors (Lipinski definition) is 7. The quantitative estimate of drug-likeness (QED) is 0.805. The van der Waals surface area contributed by atoms with E-state index in [1.165, 1.54) is 0 Å². The molecular weight excluding hydrogens is 238 g/mol. The molecular formula is C10H15N5OS. The Labute approximate surface area is 104 Å². The lowest BCUT2D eigenvalue weighted by Gasteiger charge is -2.15. The van der Waals surface area contributed by atoms with Crippen LogP contribution in [-0.2, 0) is 13.1 Å². The van der Waals surface area contributed by atoms with E-state index >= 15 is 0 Å². The van der Waals surface area contributed by atoms with E-state index in [1.807, 2.05) is 13.8 Å². The summed E-state index contributed by atoms with van der Waals surface area (Å²) in [6, 6.07) is 0. The molecule has 92 valence electrons. The van der Waals surface area contributed by atoms with Crippen molar-refractivity contribution in [3.05, 3.63) is 21.7 Å². The zero-order chi connectivity index (χ0) is 12.3. The van der Waals surface area contributed by atoms with Gasteiger partial charge < -0.3 is 4.52 Å². The molecule has 0 saturated carbocycles. The average Bonchev–Trinajstić information content (AvgIpc) is 2.87. The maximum absolute atomic E-state index is 5.10. The van der Waals surface area contributed by atoms with Crippen LogP contribution in [0.25, 0.3) is 0 Å². The molecule has 0 aliphatic heterocycles. The third-order valence-corrected chi connectivity index (χ3v) is 3.13. The largest absolute Gasteiger partial charge is 0.338 e. The molecule has 0 N–H and O–H groups in total. The van der Waals surface area contributed by atoms with Crippen LogP contribution in [0.15, 0.2) is 4.52 Å². The number of hydrogen-bond donors (Lipinski definition) is 0. The summed E-state index contributed by atoms with van der Waals surface area (Å²) in [6.45, 7) is 8.19. The highest BCUT2D eigenvalue weighted by molar-refractivity contribution is 7.11. The van der Waals surface area contributed by atoms with Crippen LogP contribution in [-0.4, -0.2) is 31.8 Å². The summed E-state index contributed by atoms with van der Waals surface area (Å²) in [6.07, 6.45) is 0. The van der Waals surface area contributed by atoms with E-state index in [-0.39, 0.29) is 0 Å². The first-order chi connectivity index (χ1) is 8.17. The van der Waals surface area contributed by atoms with Gasteiger partial charge in [-0.1, -0.05) is 12.1 Å². The van der Waals surface area contributed by atoms with Crippen molar-refractivity contribution in [2.45, 2.75) is 33.9 Å². The summed E-state index contributed by atoms with van der Waals surface area (Å²) >= 11 is 1.62. The van der Waals surface area contributed by atoms with Crippen molar-refractivity contribution in [1.82, 2.24) is 25.2 Å². The van der Waals surface area contributed by atoms with E-state index in [1.54, 1.807) is 11.3 Å². The van der Waals surface area contributed by atoms with Gasteiger partial charge in [0.25, 0.3) is 0 Å². The Kier molecular flexibility index (Phi) is 3.80. The highest BCUT2D eigenvalue weighted by Crippen LogP contribution is 2.12. The number of rotatable bonds is 5. The third kappa shape index (κ3) is 3.31. The lowest BCUT2D eigenvalue weighted by molar-refractivity contribution is 0.228. The van der Waals surface area contributed by atoms with Gasteiger partial charge in [0.1, 0.15) is 10.0 Å². The van der Waals surface area contributed by atoms with Gasteiger partial charge in [0, 0.05) is 0 Å². The molecule has 2 heterocycles. The Morgan fingerprint density at radius 1 is 1.24 bits per heavy atom. The van der Waals surface area contributed by atoms with Crippen molar-refractivity contribution in [2.75, 3.05) is 6.54 Å². The van der Waals surface area contributed by atoms with Crippen LogP contribution in [0.5, 0.6) is 0 Å². The zero-order valence-corrected chi connectivity index (χ0v) is 11.0. The van der Waals surface area contributed by atoms with Gasteiger partial charge >= 0.3 is 0 Å². The van der Waals surface area contributed by atoms with Crippen LogP contribution in [0.2, 0.25) is 0 Å². The summed E-state index contributed by atoms with van der Waals surface area (Å²) in [5.41, 5.74) is 0. The van der Waals surface area contributed by atoms with Gasteiger partial charge in [0.15, 0.2) is 5.82 Å². The fourth-order valence-electron chi connectivity index (χ4n) is 1.47. The lowest BCUT2D eigenvalue weighted by Crippen LogP contribution is -2.22. The van der Waals surface area contributed by atoms with E-state index in [2.05, 4.69) is 32.2 Å². The first kappa shape index (κ1) is 12.1. The number of aromatic nitrogens is 4. The highest BCUT2D eigenvalue weighted by atomic mass is 32.1. The number of aryl methyl sites for hydroxylation is 2. The number of nitrogens with zero attached hydrogens (tertiary/aromatic N) is 5.